The third-order valence-electron chi connectivity index (χ3n) is 4.29. The van der Waals surface area contributed by atoms with Crippen molar-refractivity contribution in [3.05, 3.63) is 12.7 Å². The molecule has 0 aromatic rings. The Hall–Kier alpha value is -1.32. The van der Waals surface area contributed by atoms with Gasteiger partial charge in [0.05, 0.1) is 11.8 Å². The van der Waals surface area contributed by atoms with Crippen molar-refractivity contribution in [2.45, 2.75) is 38.5 Å². The number of carbonyl (C=O) groups is 2. The van der Waals surface area contributed by atoms with Gasteiger partial charge in [-0.3, -0.25) is 9.59 Å². The fraction of sp³-hybridized carbons (Fsp3) is 0.733. The summed E-state index contributed by atoms with van der Waals surface area (Å²) in [6, 6.07) is 0. The van der Waals surface area contributed by atoms with E-state index in [-0.39, 0.29) is 11.8 Å². The number of nitrogens with zero attached hydrogens (tertiary/aromatic N) is 1. The zero-order chi connectivity index (χ0) is 13.8. The highest BCUT2D eigenvalue weighted by Gasteiger charge is 2.49. The van der Waals surface area contributed by atoms with Gasteiger partial charge in [-0.2, -0.15) is 0 Å². The Labute approximate surface area is 114 Å². The smallest absolute Gasteiger partial charge is 0.307 e. The largest absolute Gasteiger partial charge is 0.481 e. The molecule has 2 atom stereocenters. The molecule has 0 aromatic carbocycles. The molecular weight excluding hydrogens is 242 g/mol. The van der Waals surface area contributed by atoms with Gasteiger partial charge in [0, 0.05) is 13.1 Å². The first kappa shape index (κ1) is 14.1. The Morgan fingerprint density at radius 1 is 1.21 bits per heavy atom. The number of carbonyl (C=O) groups excluding carboxylic acids is 1. The van der Waals surface area contributed by atoms with E-state index in [2.05, 4.69) is 6.58 Å². The lowest BCUT2D eigenvalue weighted by Crippen LogP contribution is -2.37. The molecule has 19 heavy (non-hydrogen) atoms. The third kappa shape index (κ3) is 3.58. The molecule has 106 valence electrons. The van der Waals surface area contributed by atoms with Crippen molar-refractivity contribution >= 4 is 11.9 Å². The summed E-state index contributed by atoms with van der Waals surface area (Å²) in [6.07, 6.45) is 8.42. The van der Waals surface area contributed by atoms with E-state index < -0.39 is 11.9 Å². The van der Waals surface area contributed by atoms with E-state index in [1.54, 1.807) is 6.08 Å². The van der Waals surface area contributed by atoms with Crippen LogP contribution >= 0.6 is 0 Å². The van der Waals surface area contributed by atoms with Crippen molar-refractivity contribution in [3.63, 3.8) is 0 Å². The Bertz CT molecular complexity index is 360. The summed E-state index contributed by atoms with van der Waals surface area (Å²) in [6.45, 7) is 5.01. The Morgan fingerprint density at radius 3 is 2.42 bits per heavy atom. The lowest BCUT2D eigenvalue weighted by Gasteiger charge is -2.29. The van der Waals surface area contributed by atoms with Gasteiger partial charge in [0.15, 0.2) is 0 Å². The number of hydrogen-bond donors (Lipinski definition) is 1. The lowest BCUT2D eigenvalue weighted by molar-refractivity contribution is -0.142. The minimum Gasteiger partial charge on any atom is -0.481 e. The normalized spacial score (nSPS) is 26.7. The van der Waals surface area contributed by atoms with Crippen molar-refractivity contribution in [2.75, 3.05) is 13.1 Å². The number of carboxylic acids is 1. The second-order valence-corrected chi connectivity index (χ2v) is 5.82. The van der Waals surface area contributed by atoms with Crippen molar-refractivity contribution < 1.29 is 14.7 Å². The molecule has 0 saturated heterocycles. The van der Waals surface area contributed by atoms with Crippen LogP contribution in [0.15, 0.2) is 12.7 Å². The average molecular weight is 265 g/mol. The standard InChI is InChI=1S/C15H23NO3/c1-2-8-16(10-11-6-4-3-5-7-11)14(17)12-9-13(12)15(18)19/h2,11-13H,1,3-10H2,(H,18,19). The van der Waals surface area contributed by atoms with Crippen molar-refractivity contribution in [1.29, 1.82) is 0 Å². The molecule has 2 saturated carbocycles. The van der Waals surface area contributed by atoms with Crippen LogP contribution in [0.4, 0.5) is 0 Å². The van der Waals surface area contributed by atoms with Crippen LogP contribution in [0.3, 0.4) is 0 Å². The quantitative estimate of drug-likeness (QED) is 0.750. The van der Waals surface area contributed by atoms with Crippen LogP contribution in [-0.4, -0.2) is 35.0 Å². The molecule has 1 amide bonds. The van der Waals surface area contributed by atoms with E-state index in [4.69, 9.17) is 5.11 Å². The van der Waals surface area contributed by atoms with E-state index in [1.807, 2.05) is 4.90 Å². The van der Waals surface area contributed by atoms with Gasteiger partial charge < -0.3 is 10.0 Å². The van der Waals surface area contributed by atoms with E-state index >= 15 is 0 Å². The highest BCUT2D eigenvalue weighted by Crippen LogP contribution is 2.40. The molecule has 2 unspecified atom stereocenters. The van der Waals surface area contributed by atoms with Crippen LogP contribution in [0.2, 0.25) is 0 Å². The third-order valence-corrected chi connectivity index (χ3v) is 4.29. The molecule has 4 heteroatoms. The molecule has 0 aliphatic heterocycles. The minimum atomic E-state index is -0.838. The molecular formula is C15H23NO3. The van der Waals surface area contributed by atoms with E-state index in [1.165, 1.54) is 32.1 Å². The number of aliphatic carboxylic acids is 1. The van der Waals surface area contributed by atoms with Gasteiger partial charge in [0.25, 0.3) is 0 Å². The van der Waals surface area contributed by atoms with Gasteiger partial charge in [-0.05, 0) is 25.2 Å². The lowest BCUT2D eigenvalue weighted by atomic mass is 9.89. The van der Waals surface area contributed by atoms with E-state index in [9.17, 15) is 9.59 Å². The first-order valence-corrected chi connectivity index (χ1v) is 7.26. The van der Waals surface area contributed by atoms with Crippen LogP contribution in [0.1, 0.15) is 38.5 Å². The van der Waals surface area contributed by atoms with Crippen LogP contribution < -0.4 is 0 Å². The summed E-state index contributed by atoms with van der Waals surface area (Å²) < 4.78 is 0. The average Bonchev–Trinajstić information content (AvgIpc) is 3.19. The van der Waals surface area contributed by atoms with Crippen LogP contribution in [0.25, 0.3) is 0 Å². The molecule has 1 N–H and O–H groups in total. The zero-order valence-corrected chi connectivity index (χ0v) is 11.4. The van der Waals surface area contributed by atoms with Gasteiger partial charge in [0.1, 0.15) is 0 Å². The van der Waals surface area contributed by atoms with E-state index in [0.717, 1.165) is 6.54 Å². The van der Waals surface area contributed by atoms with Gasteiger partial charge >= 0.3 is 5.97 Å². The number of hydrogen-bond acceptors (Lipinski definition) is 2. The van der Waals surface area contributed by atoms with Gasteiger partial charge in [-0.1, -0.05) is 25.3 Å². The highest BCUT2D eigenvalue weighted by atomic mass is 16.4. The Balaban J connectivity index is 1.89. The number of amides is 1. The topological polar surface area (TPSA) is 57.6 Å². The molecule has 2 aliphatic rings. The Kier molecular flexibility index (Phi) is 4.61. The number of rotatable bonds is 6. The second-order valence-electron chi connectivity index (χ2n) is 5.82. The monoisotopic (exact) mass is 265 g/mol. The molecule has 2 fully saturated rings. The highest BCUT2D eigenvalue weighted by molar-refractivity contribution is 5.89. The number of carboxylic acid groups (broad SMARTS) is 1. The summed E-state index contributed by atoms with van der Waals surface area (Å²) in [4.78, 5) is 25.0. The Morgan fingerprint density at radius 2 is 1.89 bits per heavy atom. The molecule has 0 aromatic heterocycles. The molecule has 2 aliphatic carbocycles. The SMILES string of the molecule is C=CCN(CC1CCCCC1)C(=O)C1CC1C(=O)O. The second kappa shape index (κ2) is 6.22. The van der Waals surface area contributed by atoms with Gasteiger partial charge in [-0.15, -0.1) is 6.58 Å². The minimum absolute atomic E-state index is 0.0119. The molecule has 0 heterocycles. The maximum atomic E-state index is 12.3. The van der Waals surface area contributed by atoms with Crippen LogP contribution in [0.5, 0.6) is 0 Å². The summed E-state index contributed by atoms with van der Waals surface area (Å²) in [5.74, 6) is -0.987. The maximum absolute atomic E-state index is 12.3. The first-order chi connectivity index (χ1) is 9.13. The molecule has 0 bridgehead atoms. The predicted molar refractivity (Wildman–Crippen MR) is 72.6 cm³/mol. The maximum Gasteiger partial charge on any atom is 0.307 e. The summed E-state index contributed by atoms with van der Waals surface area (Å²) in [7, 11) is 0. The van der Waals surface area contributed by atoms with Crippen molar-refractivity contribution in [2.24, 2.45) is 17.8 Å². The van der Waals surface area contributed by atoms with Crippen molar-refractivity contribution in [1.82, 2.24) is 4.90 Å². The molecule has 4 nitrogen and oxygen atoms in total. The summed E-state index contributed by atoms with van der Waals surface area (Å²) in [5.41, 5.74) is 0. The van der Waals surface area contributed by atoms with Gasteiger partial charge in [-0.25, -0.2) is 0 Å². The fourth-order valence-electron chi connectivity index (χ4n) is 3.07. The first-order valence-electron chi connectivity index (χ1n) is 7.26. The molecule has 2 rings (SSSR count). The molecule has 0 radical (unpaired) electrons. The summed E-state index contributed by atoms with van der Waals surface area (Å²) in [5, 5.41) is 8.91. The van der Waals surface area contributed by atoms with Crippen molar-refractivity contribution in [3.8, 4) is 0 Å². The summed E-state index contributed by atoms with van der Waals surface area (Å²) >= 11 is 0. The molecule has 0 spiro atoms. The predicted octanol–water partition coefficient (Wildman–Crippen LogP) is 2.30. The zero-order valence-electron chi connectivity index (χ0n) is 11.4. The van der Waals surface area contributed by atoms with Crippen LogP contribution in [0, 0.1) is 17.8 Å². The fourth-order valence-corrected chi connectivity index (χ4v) is 3.07. The van der Waals surface area contributed by atoms with E-state index in [0.29, 0.717) is 18.9 Å². The van der Waals surface area contributed by atoms with Crippen LogP contribution in [-0.2, 0) is 9.59 Å². The van der Waals surface area contributed by atoms with Gasteiger partial charge in [0.2, 0.25) is 5.91 Å².